The van der Waals surface area contributed by atoms with Crippen molar-refractivity contribution in [2.24, 2.45) is 5.41 Å². The van der Waals surface area contributed by atoms with Crippen LogP contribution in [0.15, 0.2) is 6.33 Å². The van der Waals surface area contributed by atoms with Gasteiger partial charge in [-0.25, -0.2) is 4.98 Å². The third-order valence-corrected chi connectivity index (χ3v) is 4.00. The lowest BCUT2D eigenvalue weighted by atomic mass is 9.88. The molecule has 0 aliphatic heterocycles. The van der Waals surface area contributed by atoms with Crippen LogP contribution in [-0.2, 0) is 4.79 Å². The van der Waals surface area contributed by atoms with E-state index >= 15 is 0 Å². The Morgan fingerprint density at radius 2 is 2.16 bits per heavy atom. The van der Waals surface area contributed by atoms with Crippen molar-refractivity contribution < 1.29 is 4.79 Å². The fourth-order valence-electron chi connectivity index (χ4n) is 2.49. The number of imidazole rings is 1. The number of amides is 1. The van der Waals surface area contributed by atoms with Gasteiger partial charge in [-0.1, -0.05) is 31.4 Å². The molecule has 0 saturated heterocycles. The molecule has 7 heteroatoms. The Morgan fingerprint density at radius 1 is 1.42 bits per heavy atom. The van der Waals surface area contributed by atoms with Gasteiger partial charge in [0.15, 0.2) is 10.8 Å². The molecule has 1 saturated carbocycles. The average Bonchev–Trinajstić information content (AvgIpc) is 2.98. The minimum atomic E-state index is -0.323. The van der Waals surface area contributed by atoms with Crippen LogP contribution < -0.4 is 5.32 Å². The molecule has 0 radical (unpaired) electrons. The fourth-order valence-corrected chi connectivity index (χ4v) is 2.71. The summed E-state index contributed by atoms with van der Waals surface area (Å²) in [5, 5.41) is 3.01. The van der Waals surface area contributed by atoms with Gasteiger partial charge in [0.2, 0.25) is 11.9 Å². The number of anilines is 1. The summed E-state index contributed by atoms with van der Waals surface area (Å²) in [5.41, 5.74) is 0.703. The van der Waals surface area contributed by atoms with Gasteiger partial charge >= 0.3 is 0 Å². The Bertz CT molecular complexity index is 632. The second-order valence-electron chi connectivity index (χ2n) is 5.16. The van der Waals surface area contributed by atoms with Crippen molar-refractivity contribution in [2.75, 3.05) is 5.32 Å². The largest absolute Gasteiger partial charge is 0.341 e. The maximum absolute atomic E-state index is 12.3. The first-order chi connectivity index (χ1) is 9.08. The third-order valence-electron chi connectivity index (χ3n) is 3.72. The Hall–Kier alpha value is -1.69. The number of halogens is 1. The number of fused-ring (bicyclic) bond motifs is 1. The maximum Gasteiger partial charge on any atom is 0.233 e. The third kappa shape index (κ3) is 2.16. The van der Waals surface area contributed by atoms with Crippen molar-refractivity contribution in [3.05, 3.63) is 11.5 Å². The van der Waals surface area contributed by atoms with E-state index in [1.54, 1.807) is 0 Å². The van der Waals surface area contributed by atoms with Crippen molar-refractivity contribution in [2.45, 2.75) is 32.6 Å². The summed E-state index contributed by atoms with van der Waals surface area (Å²) in [6, 6.07) is 0. The molecule has 6 nitrogen and oxygen atoms in total. The maximum atomic E-state index is 12.3. The number of carbonyl (C=O) groups excluding carboxylic acids is 1. The van der Waals surface area contributed by atoms with Crippen LogP contribution in [0.25, 0.3) is 11.2 Å². The normalized spacial score (nSPS) is 17.8. The minimum absolute atomic E-state index is 0.0454. The number of nitrogens with one attached hydrogen (secondary N) is 2. The predicted octanol–water partition coefficient (Wildman–Crippen LogP) is 2.53. The van der Waals surface area contributed by atoms with Crippen molar-refractivity contribution in [3.63, 3.8) is 0 Å². The zero-order valence-electron chi connectivity index (χ0n) is 10.5. The van der Waals surface area contributed by atoms with Gasteiger partial charge in [0, 0.05) is 5.41 Å². The van der Waals surface area contributed by atoms with E-state index in [2.05, 4.69) is 25.3 Å². The lowest BCUT2D eigenvalue weighted by molar-refractivity contribution is -0.124. The molecule has 19 heavy (non-hydrogen) atoms. The van der Waals surface area contributed by atoms with E-state index < -0.39 is 0 Å². The molecule has 100 valence electrons. The highest BCUT2D eigenvalue weighted by atomic mass is 35.5. The summed E-state index contributed by atoms with van der Waals surface area (Å²) < 4.78 is 0. The summed E-state index contributed by atoms with van der Waals surface area (Å²) >= 11 is 6.01. The molecule has 1 aliphatic rings. The van der Waals surface area contributed by atoms with E-state index in [0.29, 0.717) is 11.2 Å². The first kappa shape index (κ1) is 12.3. The molecule has 2 heterocycles. The van der Waals surface area contributed by atoms with Crippen LogP contribution in [0, 0.1) is 5.41 Å². The molecule has 2 aromatic rings. The number of aromatic amines is 1. The van der Waals surface area contributed by atoms with Gasteiger partial charge in [-0.3, -0.25) is 10.1 Å². The van der Waals surface area contributed by atoms with Crippen molar-refractivity contribution in [1.29, 1.82) is 0 Å². The second-order valence-corrected chi connectivity index (χ2v) is 5.52. The van der Waals surface area contributed by atoms with Crippen molar-refractivity contribution in [1.82, 2.24) is 19.9 Å². The Morgan fingerprint density at radius 3 is 2.89 bits per heavy atom. The van der Waals surface area contributed by atoms with E-state index in [1.165, 1.54) is 6.33 Å². The Kier molecular flexibility index (Phi) is 2.89. The summed E-state index contributed by atoms with van der Waals surface area (Å²) in [6.07, 6.45) is 5.47. The molecule has 0 spiro atoms. The van der Waals surface area contributed by atoms with E-state index in [0.717, 1.165) is 25.7 Å². The summed E-state index contributed by atoms with van der Waals surface area (Å²) in [5.74, 6) is 0.165. The van der Waals surface area contributed by atoms with Gasteiger partial charge in [-0.2, -0.15) is 9.97 Å². The first-order valence-corrected chi connectivity index (χ1v) is 6.64. The molecular weight excluding hydrogens is 266 g/mol. The highest BCUT2D eigenvalue weighted by Crippen LogP contribution is 2.38. The van der Waals surface area contributed by atoms with Crippen molar-refractivity contribution in [3.8, 4) is 0 Å². The van der Waals surface area contributed by atoms with Crippen molar-refractivity contribution >= 4 is 34.6 Å². The van der Waals surface area contributed by atoms with Gasteiger partial charge in [-0.05, 0) is 12.8 Å². The molecule has 0 aromatic carbocycles. The number of nitrogens with zero attached hydrogens (tertiary/aromatic N) is 3. The smallest absolute Gasteiger partial charge is 0.233 e. The van der Waals surface area contributed by atoms with Gasteiger partial charge in [0.05, 0.1) is 6.33 Å². The standard InChI is InChI=1S/C12H14ClN5O/c1-12(4-2-3-5-12)10(19)18-11-16-8(13)7-9(17-11)15-6-14-7/h6H,2-5H2,1H3,(H2,14,15,16,17,18,19). The molecule has 1 aliphatic carbocycles. The molecule has 0 bridgehead atoms. The van der Waals surface area contributed by atoms with E-state index in [9.17, 15) is 4.79 Å². The summed E-state index contributed by atoms with van der Waals surface area (Å²) in [4.78, 5) is 27.4. The number of hydrogen-bond donors (Lipinski definition) is 2. The SMILES string of the molecule is CC1(C(=O)Nc2nc(Cl)c3[nH]cnc3n2)CCCC1. The van der Waals surface area contributed by atoms with Gasteiger partial charge < -0.3 is 4.98 Å². The van der Waals surface area contributed by atoms with Crippen LogP contribution >= 0.6 is 11.6 Å². The van der Waals surface area contributed by atoms with Crippen LogP contribution in [-0.4, -0.2) is 25.8 Å². The monoisotopic (exact) mass is 279 g/mol. The molecule has 0 atom stereocenters. The van der Waals surface area contributed by atoms with Gasteiger partial charge in [0.1, 0.15) is 5.52 Å². The highest BCUT2D eigenvalue weighted by molar-refractivity contribution is 6.33. The number of carbonyl (C=O) groups is 1. The predicted molar refractivity (Wildman–Crippen MR) is 71.9 cm³/mol. The molecule has 1 fully saturated rings. The van der Waals surface area contributed by atoms with E-state index in [1.807, 2.05) is 6.92 Å². The van der Waals surface area contributed by atoms with Gasteiger partial charge in [-0.15, -0.1) is 0 Å². The molecule has 0 unspecified atom stereocenters. The number of H-pyrrole nitrogens is 1. The van der Waals surface area contributed by atoms with Crippen LogP contribution in [0.2, 0.25) is 5.15 Å². The van der Waals surface area contributed by atoms with Crippen LogP contribution in [0.1, 0.15) is 32.6 Å². The second kappa shape index (κ2) is 4.45. The molecule has 1 amide bonds. The summed E-state index contributed by atoms with van der Waals surface area (Å²) in [6.45, 7) is 1.98. The van der Waals surface area contributed by atoms with Crippen LogP contribution in [0.3, 0.4) is 0 Å². The average molecular weight is 280 g/mol. The lowest BCUT2D eigenvalue weighted by Crippen LogP contribution is -2.31. The topological polar surface area (TPSA) is 83.6 Å². The van der Waals surface area contributed by atoms with E-state index in [4.69, 9.17) is 11.6 Å². The molecule has 3 rings (SSSR count). The molecule has 2 N–H and O–H groups in total. The number of rotatable bonds is 2. The van der Waals surface area contributed by atoms with E-state index in [-0.39, 0.29) is 22.4 Å². The van der Waals surface area contributed by atoms with Gasteiger partial charge in [0.25, 0.3) is 0 Å². The minimum Gasteiger partial charge on any atom is -0.341 e. The zero-order valence-corrected chi connectivity index (χ0v) is 11.3. The number of aromatic nitrogens is 4. The summed E-state index contributed by atoms with van der Waals surface area (Å²) in [7, 11) is 0. The lowest BCUT2D eigenvalue weighted by Gasteiger charge is -2.21. The quantitative estimate of drug-likeness (QED) is 0.828. The Balaban J connectivity index is 1.86. The molecule has 2 aromatic heterocycles. The molecular formula is C12H14ClN5O. The fraction of sp³-hybridized carbons (Fsp3) is 0.500. The number of hydrogen-bond acceptors (Lipinski definition) is 4. The highest BCUT2D eigenvalue weighted by Gasteiger charge is 2.36. The van der Waals surface area contributed by atoms with Crippen LogP contribution in [0.5, 0.6) is 0 Å². The Labute approximate surface area is 115 Å². The zero-order chi connectivity index (χ0) is 13.5. The van der Waals surface area contributed by atoms with Crippen LogP contribution in [0.4, 0.5) is 5.95 Å². The first-order valence-electron chi connectivity index (χ1n) is 6.27.